The highest BCUT2D eigenvalue weighted by molar-refractivity contribution is 5.66. The lowest BCUT2D eigenvalue weighted by Gasteiger charge is -2.49. The highest BCUT2D eigenvalue weighted by Gasteiger charge is 2.42. The minimum absolute atomic E-state index is 0.0463. The molecule has 1 aliphatic heterocycles. The average Bonchev–Trinajstić information content (AvgIpc) is 2.35. The summed E-state index contributed by atoms with van der Waals surface area (Å²) in [6.45, 7) is 3.31. The van der Waals surface area contributed by atoms with Gasteiger partial charge in [0.25, 0.3) is 0 Å². The van der Waals surface area contributed by atoms with Crippen molar-refractivity contribution in [3.63, 3.8) is 0 Å². The summed E-state index contributed by atoms with van der Waals surface area (Å²) in [5, 5.41) is 12.6. The van der Waals surface area contributed by atoms with Crippen LogP contribution in [0.15, 0.2) is 24.3 Å². The van der Waals surface area contributed by atoms with E-state index in [4.69, 9.17) is 5.11 Å². The van der Waals surface area contributed by atoms with E-state index in [-0.39, 0.29) is 5.54 Å². The van der Waals surface area contributed by atoms with Gasteiger partial charge >= 0.3 is 6.09 Å². The smallest absolute Gasteiger partial charge is 0.407 e. The maximum atomic E-state index is 10.8. The van der Waals surface area contributed by atoms with Crippen LogP contribution in [0.5, 0.6) is 0 Å². The molecule has 0 bridgehead atoms. The van der Waals surface area contributed by atoms with E-state index in [1.807, 2.05) is 0 Å². The molecule has 1 aliphatic carbocycles. The van der Waals surface area contributed by atoms with E-state index in [0.717, 1.165) is 19.3 Å². The van der Waals surface area contributed by atoms with Gasteiger partial charge < -0.3 is 15.3 Å². The number of aryl methyl sites for hydroxylation is 1. The molecule has 1 saturated heterocycles. The van der Waals surface area contributed by atoms with Gasteiger partial charge in [0.1, 0.15) is 0 Å². The van der Waals surface area contributed by atoms with E-state index in [1.54, 1.807) is 0 Å². The lowest BCUT2D eigenvalue weighted by atomic mass is 9.85. The zero-order valence-electron chi connectivity index (χ0n) is 11.2. The van der Waals surface area contributed by atoms with Gasteiger partial charge in [0, 0.05) is 19.1 Å². The first-order chi connectivity index (χ1) is 9.06. The molecule has 1 fully saturated rings. The standard InChI is InChI=1S/C15H20N2O2/c1-15(9-17(10-15)14(18)19)16-13-7-6-11-4-2-3-5-12(11)8-13/h2-5,13,16H,6-10H2,1H3,(H,18,19). The van der Waals surface area contributed by atoms with Crippen LogP contribution in [0, 0.1) is 0 Å². The van der Waals surface area contributed by atoms with Crippen LogP contribution < -0.4 is 5.32 Å². The molecule has 102 valence electrons. The molecular weight excluding hydrogens is 240 g/mol. The Kier molecular flexibility index (Phi) is 2.97. The molecule has 2 N–H and O–H groups in total. The SMILES string of the molecule is CC1(NC2CCc3ccccc3C2)CN(C(=O)O)C1. The van der Waals surface area contributed by atoms with E-state index >= 15 is 0 Å². The second-order valence-electron chi connectivity index (χ2n) is 6.05. The van der Waals surface area contributed by atoms with Crippen molar-refractivity contribution in [1.82, 2.24) is 10.2 Å². The molecule has 0 radical (unpaired) electrons. The summed E-state index contributed by atoms with van der Waals surface area (Å²) >= 11 is 0. The fraction of sp³-hybridized carbons (Fsp3) is 0.533. The molecule has 1 heterocycles. The molecule has 1 atom stereocenters. The molecule has 0 aromatic heterocycles. The van der Waals surface area contributed by atoms with Gasteiger partial charge in [-0.2, -0.15) is 0 Å². The third-order valence-corrected chi connectivity index (χ3v) is 4.25. The molecule has 0 saturated carbocycles. The normalized spacial score (nSPS) is 24.5. The van der Waals surface area contributed by atoms with Crippen molar-refractivity contribution >= 4 is 6.09 Å². The van der Waals surface area contributed by atoms with Crippen molar-refractivity contribution < 1.29 is 9.90 Å². The molecule has 1 unspecified atom stereocenters. The summed E-state index contributed by atoms with van der Waals surface area (Å²) in [5.74, 6) is 0. The van der Waals surface area contributed by atoms with Gasteiger partial charge in [-0.15, -0.1) is 0 Å². The van der Waals surface area contributed by atoms with Gasteiger partial charge in [-0.05, 0) is 37.3 Å². The number of benzene rings is 1. The number of hydrogen-bond donors (Lipinski definition) is 2. The van der Waals surface area contributed by atoms with Crippen molar-refractivity contribution in [3.05, 3.63) is 35.4 Å². The molecular formula is C15H20N2O2. The van der Waals surface area contributed by atoms with Gasteiger partial charge in [0.05, 0.1) is 5.54 Å². The van der Waals surface area contributed by atoms with E-state index in [9.17, 15) is 4.79 Å². The maximum Gasteiger partial charge on any atom is 0.407 e. The monoisotopic (exact) mass is 260 g/mol. The quantitative estimate of drug-likeness (QED) is 0.853. The maximum absolute atomic E-state index is 10.8. The highest BCUT2D eigenvalue weighted by Crippen LogP contribution is 2.26. The van der Waals surface area contributed by atoms with Gasteiger partial charge in [0.15, 0.2) is 0 Å². The highest BCUT2D eigenvalue weighted by atomic mass is 16.4. The van der Waals surface area contributed by atoms with Gasteiger partial charge in [0.2, 0.25) is 0 Å². The predicted molar refractivity (Wildman–Crippen MR) is 73.4 cm³/mol. The predicted octanol–water partition coefficient (Wildman–Crippen LogP) is 1.89. The van der Waals surface area contributed by atoms with E-state index in [0.29, 0.717) is 19.1 Å². The summed E-state index contributed by atoms with van der Waals surface area (Å²) in [6.07, 6.45) is 2.50. The van der Waals surface area contributed by atoms with E-state index in [2.05, 4.69) is 36.5 Å². The third kappa shape index (κ3) is 2.45. The Morgan fingerprint density at radius 1 is 1.37 bits per heavy atom. The molecule has 4 heteroatoms. The van der Waals surface area contributed by atoms with Crippen LogP contribution in [-0.4, -0.2) is 40.8 Å². The molecule has 1 aromatic rings. The molecule has 1 aromatic carbocycles. The Labute approximate surface area is 113 Å². The number of rotatable bonds is 2. The Balaban J connectivity index is 1.60. The molecule has 19 heavy (non-hydrogen) atoms. The summed E-state index contributed by atoms with van der Waals surface area (Å²) in [7, 11) is 0. The van der Waals surface area contributed by atoms with Crippen LogP contribution in [0.1, 0.15) is 24.5 Å². The Morgan fingerprint density at radius 2 is 2.05 bits per heavy atom. The Morgan fingerprint density at radius 3 is 2.74 bits per heavy atom. The largest absolute Gasteiger partial charge is 0.465 e. The third-order valence-electron chi connectivity index (χ3n) is 4.25. The number of carboxylic acid groups (broad SMARTS) is 1. The lowest BCUT2D eigenvalue weighted by Crippen LogP contribution is -2.70. The lowest BCUT2D eigenvalue weighted by molar-refractivity contribution is 0.0446. The van der Waals surface area contributed by atoms with Crippen LogP contribution >= 0.6 is 0 Å². The average molecular weight is 260 g/mol. The van der Waals surface area contributed by atoms with E-state index in [1.165, 1.54) is 16.0 Å². The molecule has 4 nitrogen and oxygen atoms in total. The van der Waals surface area contributed by atoms with Crippen LogP contribution in [0.25, 0.3) is 0 Å². The number of hydrogen-bond acceptors (Lipinski definition) is 2. The zero-order valence-corrected chi connectivity index (χ0v) is 11.2. The second-order valence-corrected chi connectivity index (χ2v) is 6.05. The van der Waals surface area contributed by atoms with Crippen molar-refractivity contribution in [2.45, 2.75) is 37.8 Å². The molecule has 3 rings (SSSR count). The van der Waals surface area contributed by atoms with Crippen molar-refractivity contribution in [2.24, 2.45) is 0 Å². The van der Waals surface area contributed by atoms with Gasteiger partial charge in [-0.1, -0.05) is 24.3 Å². The van der Waals surface area contributed by atoms with Crippen molar-refractivity contribution in [3.8, 4) is 0 Å². The van der Waals surface area contributed by atoms with Gasteiger partial charge in [-0.25, -0.2) is 4.79 Å². The fourth-order valence-electron chi connectivity index (χ4n) is 3.34. The molecule has 0 spiro atoms. The summed E-state index contributed by atoms with van der Waals surface area (Å²) in [5.41, 5.74) is 2.85. The number of fused-ring (bicyclic) bond motifs is 1. The first-order valence-corrected chi connectivity index (χ1v) is 6.88. The molecule has 2 aliphatic rings. The Hall–Kier alpha value is -1.55. The van der Waals surface area contributed by atoms with Crippen molar-refractivity contribution in [2.75, 3.05) is 13.1 Å². The zero-order chi connectivity index (χ0) is 13.5. The number of nitrogens with one attached hydrogen (secondary N) is 1. The number of nitrogens with zero attached hydrogens (tertiary/aromatic N) is 1. The van der Waals surface area contributed by atoms with Crippen molar-refractivity contribution in [1.29, 1.82) is 0 Å². The van der Waals surface area contributed by atoms with Crippen LogP contribution in [0.2, 0.25) is 0 Å². The Bertz CT molecular complexity index is 495. The number of likely N-dealkylation sites (tertiary alicyclic amines) is 1. The van der Waals surface area contributed by atoms with Crippen LogP contribution in [-0.2, 0) is 12.8 Å². The molecule has 1 amide bonds. The summed E-state index contributed by atoms with van der Waals surface area (Å²) in [6, 6.07) is 9.08. The first-order valence-electron chi connectivity index (χ1n) is 6.88. The fourth-order valence-corrected chi connectivity index (χ4v) is 3.34. The van der Waals surface area contributed by atoms with Crippen LogP contribution in [0.4, 0.5) is 4.79 Å². The minimum atomic E-state index is -0.812. The number of amides is 1. The summed E-state index contributed by atoms with van der Waals surface area (Å²) < 4.78 is 0. The van der Waals surface area contributed by atoms with Gasteiger partial charge in [-0.3, -0.25) is 0 Å². The second kappa shape index (κ2) is 4.53. The van der Waals surface area contributed by atoms with E-state index < -0.39 is 6.09 Å². The van der Waals surface area contributed by atoms with Crippen LogP contribution in [0.3, 0.4) is 0 Å². The summed E-state index contributed by atoms with van der Waals surface area (Å²) in [4.78, 5) is 12.3. The minimum Gasteiger partial charge on any atom is -0.465 e. The number of carbonyl (C=O) groups is 1. The first kappa shape index (κ1) is 12.5. The topological polar surface area (TPSA) is 52.6 Å².